The van der Waals surface area contributed by atoms with E-state index in [9.17, 15) is 13.8 Å². The van der Waals surface area contributed by atoms with Crippen molar-refractivity contribution in [3.8, 4) is 0 Å². The van der Waals surface area contributed by atoms with Crippen molar-refractivity contribution in [3.63, 3.8) is 0 Å². The van der Waals surface area contributed by atoms with E-state index in [1.165, 1.54) is 6.07 Å². The van der Waals surface area contributed by atoms with Gasteiger partial charge in [0, 0.05) is 22.8 Å². The molecule has 0 radical (unpaired) electrons. The molecule has 2 rings (SSSR count). The molecule has 1 heterocycles. The number of rotatable bonds is 6. The Morgan fingerprint density at radius 1 is 1.23 bits per heavy atom. The number of anilines is 1. The molecule has 2 aromatic rings. The molecular formula is C17H16Cl2N2O4S. The van der Waals surface area contributed by atoms with Crippen LogP contribution in [-0.2, 0) is 26.1 Å². The van der Waals surface area contributed by atoms with Gasteiger partial charge in [0.2, 0.25) is 0 Å². The summed E-state index contributed by atoms with van der Waals surface area (Å²) in [4.78, 5) is 28.1. The molecule has 1 aromatic carbocycles. The lowest BCUT2D eigenvalue weighted by Crippen LogP contribution is -2.22. The standard InChI is InChI=1S/C17H16Cl2N2O4S/c1-10-13(18)7-14(19)16(20-10)21-15(22)8-25-17(23)12-5-3-4-11(6-12)9-26(2)24/h3-7H,8-9H2,1-2H3,(H,20,21,22). The van der Waals surface area contributed by atoms with Crippen molar-refractivity contribution in [1.82, 2.24) is 4.98 Å². The monoisotopic (exact) mass is 414 g/mol. The zero-order chi connectivity index (χ0) is 19.3. The Kier molecular flexibility index (Phi) is 7.14. The van der Waals surface area contributed by atoms with Crippen molar-refractivity contribution < 1.29 is 18.5 Å². The van der Waals surface area contributed by atoms with Crippen molar-refractivity contribution in [2.45, 2.75) is 12.7 Å². The molecule has 0 saturated carbocycles. The van der Waals surface area contributed by atoms with Gasteiger partial charge in [0.25, 0.3) is 5.91 Å². The third kappa shape index (κ3) is 5.79. The van der Waals surface area contributed by atoms with E-state index in [4.69, 9.17) is 27.9 Å². The highest BCUT2D eigenvalue weighted by atomic mass is 35.5. The molecule has 1 atom stereocenters. The largest absolute Gasteiger partial charge is 0.452 e. The van der Waals surface area contributed by atoms with E-state index in [1.54, 1.807) is 37.4 Å². The summed E-state index contributed by atoms with van der Waals surface area (Å²) >= 11 is 11.9. The fourth-order valence-electron chi connectivity index (χ4n) is 2.05. The Morgan fingerprint density at radius 3 is 2.65 bits per heavy atom. The highest BCUT2D eigenvalue weighted by Crippen LogP contribution is 2.25. The molecule has 0 aliphatic carbocycles. The van der Waals surface area contributed by atoms with Gasteiger partial charge in [-0.25, -0.2) is 9.78 Å². The summed E-state index contributed by atoms with van der Waals surface area (Å²) in [5.41, 5.74) is 1.53. The number of pyridine rings is 1. The minimum atomic E-state index is -1.02. The highest BCUT2D eigenvalue weighted by molar-refractivity contribution is 7.83. The maximum absolute atomic E-state index is 12.1. The van der Waals surface area contributed by atoms with Gasteiger partial charge in [0.1, 0.15) is 0 Å². The zero-order valence-electron chi connectivity index (χ0n) is 14.0. The predicted octanol–water partition coefficient (Wildman–Crippen LogP) is 3.37. The van der Waals surface area contributed by atoms with E-state index >= 15 is 0 Å². The Morgan fingerprint density at radius 2 is 1.96 bits per heavy atom. The smallest absolute Gasteiger partial charge is 0.338 e. The lowest BCUT2D eigenvalue weighted by molar-refractivity contribution is -0.119. The Bertz CT molecular complexity index is 874. The molecular weight excluding hydrogens is 399 g/mol. The molecule has 9 heteroatoms. The first-order valence-corrected chi connectivity index (χ1v) is 9.93. The van der Waals surface area contributed by atoms with Crippen LogP contribution in [0.15, 0.2) is 30.3 Å². The van der Waals surface area contributed by atoms with Crippen LogP contribution in [0.4, 0.5) is 5.82 Å². The van der Waals surface area contributed by atoms with E-state index < -0.39 is 29.3 Å². The summed E-state index contributed by atoms with van der Waals surface area (Å²) in [5.74, 6) is -0.764. The Labute approximate surface area is 163 Å². The maximum atomic E-state index is 12.1. The summed E-state index contributed by atoms with van der Waals surface area (Å²) in [5, 5.41) is 3.03. The van der Waals surface area contributed by atoms with E-state index in [0.717, 1.165) is 5.56 Å². The first kappa shape index (κ1) is 20.4. The predicted molar refractivity (Wildman–Crippen MR) is 102 cm³/mol. The average molecular weight is 415 g/mol. The van der Waals surface area contributed by atoms with Crippen LogP contribution in [0.25, 0.3) is 0 Å². The van der Waals surface area contributed by atoms with Gasteiger partial charge < -0.3 is 10.1 Å². The van der Waals surface area contributed by atoms with E-state index in [-0.39, 0.29) is 16.4 Å². The van der Waals surface area contributed by atoms with Gasteiger partial charge in [-0.15, -0.1) is 0 Å². The first-order valence-electron chi connectivity index (χ1n) is 7.45. The number of ether oxygens (including phenoxy) is 1. The number of aryl methyl sites for hydroxylation is 1. The van der Waals surface area contributed by atoms with Crippen molar-refractivity contribution in [1.29, 1.82) is 0 Å². The Balaban J connectivity index is 1.96. The molecule has 0 fully saturated rings. The van der Waals surface area contributed by atoms with E-state index in [1.807, 2.05) is 0 Å². The van der Waals surface area contributed by atoms with Crippen LogP contribution in [0.5, 0.6) is 0 Å². The molecule has 0 bridgehead atoms. The molecule has 6 nitrogen and oxygen atoms in total. The number of carbonyl (C=O) groups excluding carboxylic acids is 2. The summed E-state index contributed by atoms with van der Waals surface area (Å²) in [6.07, 6.45) is 1.58. The maximum Gasteiger partial charge on any atom is 0.338 e. The first-order chi connectivity index (χ1) is 12.3. The second-order valence-electron chi connectivity index (χ2n) is 5.43. The molecule has 0 saturated heterocycles. The van der Waals surface area contributed by atoms with Gasteiger partial charge >= 0.3 is 5.97 Å². The van der Waals surface area contributed by atoms with Crippen LogP contribution in [0.2, 0.25) is 10.0 Å². The normalized spacial score (nSPS) is 11.7. The Hall–Kier alpha value is -1.96. The summed E-state index contributed by atoms with van der Waals surface area (Å²) < 4.78 is 16.3. The fourth-order valence-corrected chi connectivity index (χ4v) is 3.11. The lowest BCUT2D eigenvalue weighted by atomic mass is 10.1. The van der Waals surface area contributed by atoms with Crippen molar-refractivity contribution in [3.05, 3.63) is 57.2 Å². The van der Waals surface area contributed by atoms with Crippen LogP contribution in [-0.4, -0.2) is 33.9 Å². The van der Waals surface area contributed by atoms with Gasteiger partial charge in [-0.2, -0.15) is 0 Å². The topological polar surface area (TPSA) is 85.4 Å². The SMILES string of the molecule is Cc1nc(NC(=O)COC(=O)c2cccc(CS(C)=O)c2)c(Cl)cc1Cl. The van der Waals surface area contributed by atoms with Crippen molar-refractivity contribution >= 4 is 51.7 Å². The van der Waals surface area contributed by atoms with Gasteiger partial charge in [-0.05, 0) is 30.7 Å². The number of amides is 1. The number of hydrogen-bond donors (Lipinski definition) is 1. The fraction of sp³-hybridized carbons (Fsp3) is 0.235. The van der Waals surface area contributed by atoms with Gasteiger partial charge in [-0.1, -0.05) is 35.3 Å². The molecule has 1 amide bonds. The van der Waals surface area contributed by atoms with Crippen molar-refractivity contribution in [2.75, 3.05) is 18.2 Å². The second kappa shape index (κ2) is 9.12. The number of esters is 1. The number of halogens is 2. The van der Waals surface area contributed by atoms with Crippen LogP contribution in [0.1, 0.15) is 21.6 Å². The number of benzene rings is 1. The minimum Gasteiger partial charge on any atom is -0.452 e. The molecule has 138 valence electrons. The minimum absolute atomic E-state index is 0.141. The van der Waals surface area contributed by atoms with Crippen LogP contribution in [0.3, 0.4) is 0 Å². The molecule has 26 heavy (non-hydrogen) atoms. The van der Waals surface area contributed by atoms with Crippen LogP contribution in [0, 0.1) is 6.92 Å². The molecule has 0 aliphatic heterocycles. The average Bonchev–Trinajstić information content (AvgIpc) is 2.57. The highest BCUT2D eigenvalue weighted by Gasteiger charge is 2.14. The quantitative estimate of drug-likeness (QED) is 0.732. The number of aromatic nitrogens is 1. The van der Waals surface area contributed by atoms with Crippen LogP contribution >= 0.6 is 23.2 Å². The third-order valence-corrected chi connectivity index (χ3v) is 4.64. The number of hydrogen-bond acceptors (Lipinski definition) is 5. The molecule has 1 unspecified atom stereocenters. The molecule has 1 N–H and O–H groups in total. The second-order valence-corrected chi connectivity index (χ2v) is 7.68. The van der Waals surface area contributed by atoms with Gasteiger partial charge in [0.05, 0.1) is 21.3 Å². The molecule has 0 aliphatic rings. The summed E-state index contributed by atoms with van der Waals surface area (Å²) in [7, 11) is -1.02. The lowest BCUT2D eigenvalue weighted by Gasteiger charge is -2.09. The molecule has 0 spiro atoms. The summed E-state index contributed by atoms with van der Waals surface area (Å²) in [6, 6.07) is 8.04. The number of nitrogens with one attached hydrogen (secondary N) is 1. The summed E-state index contributed by atoms with van der Waals surface area (Å²) in [6.45, 7) is 1.17. The third-order valence-electron chi connectivity index (χ3n) is 3.23. The number of carbonyl (C=O) groups is 2. The van der Waals surface area contributed by atoms with Gasteiger partial charge in [0.15, 0.2) is 12.4 Å². The van der Waals surface area contributed by atoms with Crippen molar-refractivity contribution in [2.24, 2.45) is 0 Å². The zero-order valence-corrected chi connectivity index (χ0v) is 16.4. The van der Waals surface area contributed by atoms with Gasteiger partial charge in [-0.3, -0.25) is 9.00 Å². The molecule has 1 aromatic heterocycles. The van der Waals surface area contributed by atoms with Crippen LogP contribution < -0.4 is 5.32 Å². The van der Waals surface area contributed by atoms with E-state index in [0.29, 0.717) is 16.5 Å². The van der Waals surface area contributed by atoms with E-state index in [2.05, 4.69) is 10.3 Å². The number of nitrogens with zero attached hydrogens (tertiary/aromatic N) is 1.